The summed E-state index contributed by atoms with van der Waals surface area (Å²) in [5, 5.41) is 0. The standard InChI is InChI=1S/C17H20N2O2/c1-18(2)17(21)19-11-10-13-14(19)8-9-15(20)16(13)12-6-4-3-5-7-12/h3-7,14H,8-11H2,1-2H3. The smallest absolute Gasteiger partial charge is 0.319 e. The Bertz CT molecular complexity index is 604. The number of rotatable bonds is 1. The first kappa shape index (κ1) is 13.9. The molecule has 0 spiro atoms. The summed E-state index contributed by atoms with van der Waals surface area (Å²) in [4.78, 5) is 28.2. The fourth-order valence-corrected chi connectivity index (χ4v) is 3.38. The Kier molecular flexibility index (Phi) is 3.53. The third-order valence-corrected chi connectivity index (χ3v) is 4.34. The summed E-state index contributed by atoms with van der Waals surface area (Å²) in [7, 11) is 3.55. The van der Waals surface area contributed by atoms with Gasteiger partial charge in [0.1, 0.15) is 0 Å². The van der Waals surface area contributed by atoms with Crippen molar-refractivity contribution in [1.29, 1.82) is 0 Å². The first-order chi connectivity index (χ1) is 10.1. The number of ketones is 1. The van der Waals surface area contributed by atoms with Crippen LogP contribution in [0.3, 0.4) is 0 Å². The van der Waals surface area contributed by atoms with Gasteiger partial charge in [-0.25, -0.2) is 4.79 Å². The van der Waals surface area contributed by atoms with Crippen LogP contribution in [-0.2, 0) is 4.79 Å². The van der Waals surface area contributed by atoms with Crippen LogP contribution in [0.4, 0.5) is 4.79 Å². The van der Waals surface area contributed by atoms with Crippen LogP contribution in [0.5, 0.6) is 0 Å². The second-order valence-electron chi connectivity index (χ2n) is 5.86. The largest absolute Gasteiger partial charge is 0.331 e. The number of benzene rings is 1. The first-order valence-electron chi connectivity index (χ1n) is 7.39. The summed E-state index contributed by atoms with van der Waals surface area (Å²) in [6.45, 7) is 0.709. The fraction of sp³-hybridized carbons (Fsp3) is 0.412. The summed E-state index contributed by atoms with van der Waals surface area (Å²) in [5.74, 6) is 0.214. The molecule has 0 N–H and O–H groups in total. The first-order valence-corrected chi connectivity index (χ1v) is 7.39. The van der Waals surface area contributed by atoms with Crippen molar-refractivity contribution in [2.45, 2.75) is 25.3 Å². The number of allylic oxidation sites excluding steroid dienone is 1. The topological polar surface area (TPSA) is 40.6 Å². The lowest BCUT2D eigenvalue weighted by Crippen LogP contribution is -2.43. The molecule has 2 amide bonds. The second kappa shape index (κ2) is 5.35. The SMILES string of the molecule is CN(C)C(=O)N1CCC2=C(c3ccccc3)C(=O)CCC21. The van der Waals surface area contributed by atoms with E-state index in [-0.39, 0.29) is 17.9 Å². The summed E-state index contributed by atoms with van der Waals surface area (Å²) < 4.78 is 0. The molecule has 1 saturated heterocycles. The van der Waals surface area contributed by atoms with Crippen molar-refractivity contribution < 1.29 is 9.59 Å². The quantitative estimate of drug-likeness (QED) is 0.795. The molecule has 2 aliphatic rings. The van der Waals surface area contributed by atoms with E-state index >= 15 is 0 Å². The van der Waals surface area contributed by atoms with Crippen molar-refractivity contribution in [3.63, 3.8) is 0 Å². The van der Waals surface area contributed by atoms with Gasteiger partial charge in [0, 0.05) is 32.6 Å². The van der Waals surface area contributed by atoms with Gasteiger partial charge in [0.2, 0.25) is 0 Å². The highest BCUT2D eigenvalue weighted by Crippen LogP contribution is 2.38. The van der Waals surface area contributed by atoms with E-state index < -0.39 is 0 Å². The third-order valence-electron chi connectivity index (χ3n) is 4.34. The molecule has 1 aliphatic carbocycles. The van der Waals surface area contributed by atoms with Gasteiger partial charge in [-0.05, 0) is 24.0 Å². The van der Waals surface area contributed by atoms with Gasteiger partial charge in [0.05, 0.1) is 6.04 Å². The third kappa shape index (κ3) is 2.35. The van der Waals surface area contributed by atoms with Crippen LogP contribution in [0, 0.1) is 0 Å². The van der Waals surface area contributed by atoms with Crippen molar-refractivity contribution in [2.75, 3.05) is 20.6 Å². The molecule has 21 heavy (non-hydrogen) atoms. The molecule has 1 fully saturated rings. The van der Waals surface area contributed by atoms with Crippen LogP contribution in [0.2, 0.25) is 0 Å². The van der Waals surface area contributed by atoms with Gasteiger partial charge in [-0.2, -0.15) is 0 Å². The molecule has 1 unspecified atom stereocenters. The average molecular weight is 284 g/mol. The molecule has 1 heterocycles. The molecular formula is C17H20N2O2. The number of urea groups is 1. The van der Waals surface area contributed by atoms with Crippen LogP contribution in [0.15, 0.2) is 35.9 Å². The Morgan fingerprint density at radius 2 is 1.90 bits per heavy atom. The minimum absolute atomic E-state index is 0.0387. The lowest BCUT2D eigenvalue weighted by Gasteiger charge is -2.31. The number of carbonyl (C=O) groups excluding carboxylic acids is 2. The minimum atomic E-state index is 0.0387. The monoisotopic (exact) mass is 284 g/mol. The summed E-state index contributed by atoms with van der Waals surface area (Å²) in [6, 6.07) is 9.97. The molecule has 0 bridgehead atoms. The predicted molar refractivity (Wildman–Crippen MR) is 81.8 cm³/mol. The Labute approximate surface area is 125 Å². The molecule has 4 heteroatoms. The van der Waals surface area contributed by atoms with Gasteiger partial charge in [-0.3, -0.25) is 4.79 Å². The summed E-state index contributed by atoms with van der Waals surface area (Å²) in [6.07, 6.45) is 2.08. The van der Waals surface area contributed by atoms with Gasteiger partial charge in [0.25, 0.3) is 0 Å². The van der Waals surface area contributed by atoms with Gasteiger partial charge < -0.3 is 9.80 Å². The number of Topliss-reactive ketones (excluding diaryl/α,β-unsaturated/α-hetero) is 1. The van der Waals surface area contributed by atoms with Crippen molar-refractivity contribution in [1.82, 2.24) is 9.80 Å². The van der Waals surface area contributed by atoms with E-state index in [1.54, 1.807) is 19.0 Å². The second-order valence-corrected chi connectivity index (χ2v) is 5.86. The maximum absolute atomic E-state index is 12.4. The zero-order chi connectivity index (χ0) is 15.0. The molecule has 110 valence electrons. The molecular weight excluding hydrogens is 264 g/mol. The number of fused-ring (bicyclic) bond motifs is 1. The average Bonchev–Trinajstić information content (AvgIpc) is 2.90. The maximum atomic E-state index is 12.4. The molecule has 1 aromatic carbocycles. The van der Waals surface area contributed by atoms with Crippen LogP contribution in [-0.4, -0.2) is 48.3 Å². The Hall–Kier alpha value is -2.10. The van der Waals surface area contributed by atoms with Crippen LogP contribution in [0.1, 0.15) is 24.8 Å². The molecule has 4 nitrogen and oxygen atoms in total. The molecule has 0 aromatic heterocycles. The van der Waals surface area contributed by atoms with Crippen LogP contribution >= 0.6 is 0 Å². The lowest BCUT2D eigenvalue weighted by molar-refractivity contribution is -0.114. The van der Waals surface area contributed by atoms with E-state index in [1.807, 2.05) is 35.2 Å². The van der Waals surface area contributed by atoms with Gasteiger partial charge in [-0.1, -0.05) is 30.3 Å². The van der Waals surface area contributed by atoms with E-state index in [1.165, 1.54) is 0 Å². The van der Waals surface area contributed by atoms with Gasteiger partial charge in [-0.15, -0.1) is 0 Å². The van der Waals surface area contributed by atoms with E-state index in [2.05, 4.69) is 0 Å². The summed E-state index contributed by atoms with van der Waals surface area (Å²) >= 11 is 0. The molecule has 3 rings (SSSR count). The number of likely N-dealkylation sites (tertiary alicyclic amines) is 1. The normalized spacial score (nSPS) is 21.5. The van der Waals surface area contributed by atoms with E-state index in [9.17, 15) is 9.59 Å². The number of hydrogen-bond acceptors (Lipinski definition) is 2. The molecule has 1 aliphatic heterocycles. The number of hydrogen-bond donors (Lipinski definition) is 0. The fourth-order valence-electron chi connectivity index (χ4n) is 3.38. The molecule has 0 saturated carbocycles. The van der Waals surface area contributed by atoms with Gasteiger partial charge in [0.15, 0.2) is 5.78 Å². The van der Waals surface area contributed by atoms with Gasteiger partial charge >= 0.3 is 6.03 Å². The highest BCUT2D eigenvalue weighted by atomic mass is 16.2. The zero-order valence-electron chi connectivity index (χ0n) is 12.5. The highest BCUT2D eigenvalue weighted by Gasteiger charge is 2.39. The van der Waals surface area contributed by atoms with Crippen LogP contribution in [0.25, 0.3) is 5.57 Å². The number of carbonyl (C=O) groups is 2. The lowest BCUT2D eigenvalue weighted by atomic mass is 9.83. The van der Waals surface area contributed by atoms with Crippen molar-refractivity contribution in [2.24, 2.45) is 0 Å². The molecule has 1 atom stereocenters. The Morgan fingerprint density at radius 3 is 2.57 bits per heavy atom. The minimum Gasteiger partial charge on any atom is -0.331 e. The van der Waals surface area contributed by atoms with Crippen molar-refractivity contribution in [3.05, 3.63) is 41.5 Å². The number of amides is 2. The molecule has 1 aromatic rings. The highest BCUT2D eigenvalue weighted by molar-refractivity contribution is 6.22. The van der Waals surface area contributed by atoms with Crippen molar-refractivity contribution >= 4 is 17.4 Å². The number of nitrogens with zero attached hydrogens (tertiary/aromatic N) is 2. The Balaban J connectivity index is 2.01. The Morgan fingerprint density at radius 1 is 1.19 bits per heavy atom. The van der Waals surface area contributed by atoms with E-state index in [4.69, 9.17) is 0 Å². The maximum Gasteiger partial charge on any atom is 0.319 e. The predicted octanol–water partition coefficient (Wildman–Crippen LogP) is 2.56. The van der Waals surface area contributed by atoms with E-state index in [0.29, 0.717) is 13.0 Å². The molecule has 0 radical (unpaired) electrons. The van der Waals surface area contributed by atoms with Crippen LogP contribution < -0.4 is 0 Å². The van der Waals surface area contributed by atoms with Crippen molar-refractivity contribution in [3.8, 4) is 0 Å². The summed E-state index contributed by atoms with van der Waals surface area (Å²) in [5.41, 5.74) is 2.98. The van der Waals surface area contributed by atoms with E-state index in [0.717, 1.165) is 29.6 Å². The zero-order valence-corrected chi connectivity index (χ0v) is 12.5.